The zero-order valence-corrected chi connectivity index (χ0v) is 8.40. The summed E-state index contributed by atoms with van der Waals surface area (Å²) in [7, 11) is 0. The summed E-state index contributed by atoms with van der Waals surface area (Å²) < 4.78 is 0. The molecule has 1 aliphatic heterocycles. The Morgan fingerprint density at radius 2 is 2.40 bits per heavy atom. The van der Waals surface area contributed by atoms with Gasteiger partial charge in [-0.25, -0.2) is 0 Å². The second kappa shape index (κ2) is 3.22. The molecule has 1 aromatic heterocycles. The fraction of sp³-hybridized carbons (Fsp3) is 0.308. The van der Waals surface area contributed by atoms with Crippen LogP contribution in [0, 0.1) is 18.3 Å². The van der Waals surface area contributed by atoms with E-state index in [-0.39, 0.29) is 0 Å². The van der Waals surface area contributed by atoms with Gasteiger partial charge in [0.05, 0.1) is 0 Å². The van der Waals surface area contributed by atoms with Crippen LogP contribution in [0.2, 0.25) is 0 Å². The van der Waals surface area contributed by atoms with Crippen LogP contribution >= 0.6 is 0 Å². The second-order valence-electron chi connectivity index (χ2n) is 4.20. The first-order valence-corrected chi connectivity index (χ1v) is 5.23. The SMILES string of the molecule is C#Cc1cncc(C2=C[C@H]3NC[C@H]3C2)c1. The molecular weight excluding hydrogens is 184 g/mol. The summed E-state index contributed by atoms with van der Waals surface area (Å²) >= 11 is 0. The van der Waals surface area contributed by atoms with E-state index in [2.05, 4.69) is 22.3 Å². The number of fused-ring (bicyclic) bond motifs is 1. The number of allylic oxidation sites excluding steroid dienone is 1. The highest BCUT2D eigenvalue weighted by molar-refractivity contribution is 5.69. The molecule has 1 saturated heterocycles. The van der Waals surface area contributed by atoms with Gasteiger partial charge in [-0.2, -0.15) is 0 Å². The van der Waals surface area contributed by atoms with Crippen molar-refractivity contribution in [3.8, 4) is 12.3 Å². The van der Waals surface area contributed by atoms with E-state index >= 15 is 0 Å². The van der Waals surface area contributed by atoms with Crippen molar-refractivity contribution in [2.45, 2.75) is 12.5 Å². The van der Waals surface area contributed by atoms with Crippen LogP contribution in [0.4, 0.5) is 0 Å². The minimum Gasteiger partial charge on any atom is -0.310 e. The van der Waals surface area contributed by atoms with Crippen LogP contribution in [0.3, 0.4) is 0 Å². The summed E-state index contributed by atoms with van der Waals surface area (Å²) in [5, 5.41) is 3.40. The molecule has 1 aromatic rings. The third kappa shape index (κ3) is 1.36. The van der Waals surface area contributed by atoms with E-state index in [1.807, 2.05) is 12.3 Å². The molecular formula is C13H12N2. The van der Waals surface area contributed by atoms with E-state index in [0.29, 0.717) is 6.04 Å². The average molecular weight is 196 g/mol. The van der Waals surface area contributed by atoms with Crippen molar-refractivity contribution in [2.75, 3.05) is 6.54 Å². The molecule has 2 nitrogen and oxygen atoms in total. The minimum absolute atomic E-state index is 0.592. The van der Waals surface area contributed by atoms with E-state index in [0.717, 1.165) is 24.4 Å². The summed E-state index contributed by atoms with van der Waals surface area (Å²) in [6, 6.07) is 2.64. The lowest BCUT2D eigenvalue weighted by molar-refractivity contribution is 0.301. The molecule has 1 fully saturated rings. The van der Waals surface area contributed by atoms with Crippen LogP contribution in [0.25, 0.3) is 5.57 Å². The van der Waals surface area contributed by atoms with Crippen molar-refractivity contribution in [2.24, 2.45) is 5.92 Å². The number of pyridine rings is 1. The second-order valence-corrected chi connectivity index (χ2v) is 4.20. The Hall–Kier alpha value is -1.59. The lowest BCUT2D eigenvalue weighted by atomic mass is 9.93. The van der Waals surface area contributed by atoms with E-state index in [1.54, 1.807) is 6.20 Å². The largest absolute Gasteiger partial charge is 0.310 e. The minimum atomic E-state index is 0.592. The number of terminal acetylenes is 1. The highest BCUT2D eigenvalue weighted by Gasteiger charge is 2.34. The fourth-order valence-electron chi connectivity index (χ4n) is 2.29. The standard InChI is InChI=1S/C13H12N2/c1-2-9-3-11(7-14-6-9)10-4-12-8-15-13(12)5-10/h1,3,5-7,12-13,15H,4,8H2/t12-,13-/m1/s1. The Balaban J connectivity index is 1.93. The van der Waals surface area contributed by atoms with Crippen molar-refractivity contribution in [3.05, 3.63) is 35.7 Å². The third-order valence-corrected chi connectivity index (χ3v) is 3.26. The summed E-state index contributed by atoms with van der Waals surface area (Å²) in [6.07, 6.45) is 12.5. The molecule has 2 atom stereocenters. The molecule has 74 valence electrons. The van der Waals surface area contributed by atoms with Crippen molar-refractivity contribution >= 4 is 5.57 Å². The van der Waals surface area contributed by atoms with Gasteiger partial charge in [-0.3, -0.25) is 4.98 Å². The quantitative estimate of drug-likeness (QED) is 0.687. The first-order chi connectivity index (χ1) is 7.36. The van der Waals surface area contributed by atoms with Crippen LogP contribution in [0.1, 0.15) is 17.5 Å². The van der Waals surface area contributed by atoms with E-state index in [9.17, 15) is 0 Å². The number of rotatable bonds is 1. The molecule has 1 N–H and O–H groups in total. The van der Waals surface area contributed by atoms with Gasteiger partial charge in [-0.05, 0) is 29.5 Å². The Kier molecular flexibility index (Phi) is 1.87. The summed E-state index contributed by atoms with van der Waals surface area (Å²) in [6.45, 7) is 1.15. The monoisotopic (exact) mass is 196 g/mol. The lowest BCUT2D eigenvalue weighted by Gasteiger charge is -2.31. The summed E-state index contributed by atoms with van der Waals surface area (Å²) in [4.78, 5) is 4.17. The topological polar surface area (TPSA) is 24.9 Å². The smallest absolute Gasteiger partial charge is 0.0432 e. The van der Waals surface area contributed by atoms with E-state index in [4.69, 9.17) is 6.42 Å². The van der Waals surface area contributed by atoms with Crippen LogP contribution in [0.15, 0.2) is 24.5 Å². The van der Waals surface area contributed by atoms with Crippen molar-refractivity contribution in [3.63, 3.8) is 0 Å². The van der Waals surface area contributed by atoms with Gasteiger partial charge >= 0.3 is 0 Å². The van der Waals surface area contributed by atoms with Gasteiger partial charge in [0, 0.05) is 30.5 Å². The molecule has 0 spiro atoms. The zero-order chi connectivity index (χ0) is 10.3. The molecule has 0 saturated carbocycles. The molecule has 0 radical (unpaired) electrons. The lowest BCUT2D eigenvalue weighted by Crippen LogP contribution is -2.49. The maximum absolute atomic E-state index is 5.36. The predicted molar refractivity (Wildman–Crippen MR) is 60.0 cm³/mol. The Morgan fingerprint density at radius 3 is 3.00 bits per heavy atom. The molecule has 0 bridgehead atoms. The molecule has 0 amide bonds. The van der Waals surface area contributed by atoms with Crippen molar-refractivity contribution < 1.29 is 0 Å². The Labute approximate surface area is 89.4 Å². The van der Waals surface area contributed by atoms with Gasteiger partial charge in [0.15, 0.2) is 0 Å². The van der Waals surface area contributed by atoms with E-state index < -0.39 is 0 Å². The molecule has 3 rings (SSSR count). The molecule has 15 heavy (non-hydrogen) atoms. The van der Waals surface area contributed by atoms with Gasteiger partial charge in [0.2, 0.25) is 0 Å². The first-order valence-electron chi connectivity index (χ1n) is 5.23. The molecule has 0 unspecified atom stereocenters. The van der Waals surface area contributed by atoms with Gasteiger partial charge in [-0.15, -0.1) is 6.42 Å². The number of aromatic nitrogens is 1. The van der Waals surface area contributed by atoms with Gasteiger partial charge in [-0.1, -0.05) is 12.0 Å². The van der Waals surface area contributed by atoms with Crippen molar-refractivity contribution in [1.29, 1.82) is 0 Å². The fourth-order valence-corrected chi connectivity index (χ4v) is 2.29. The molecule has 0 aromatic carbocycles. The Morgan fingerprint density at radius 1 is 1.47 bits per heavy atom. The van der Waals surface area contributed by atoms with Crippen LogP contribution < -0.4 is 5.32 Å². The Bertz CT molecular complexity index is 468. The normalized spacial score (nSPS) is 27.5. The zero-order valence-electron chi connectivity index (χ0n) is 8.40. The summed E-state index contributed by atoms with van der Waals surface area (Å²) in [5.41, 5.74) is 3.43. The van der Waals surface area contributed by atoms with Gasteiger partial charge < -0.3 is 5.32 Å². The molecule has 2 heterocycles. The van der Waals surface area contributed by atoms with Crippen molar-refractivity contribution in [1.82, 2.24) is 10.3 Å². The highest BCUT2D eigenvalue weighted by Crippen LogP contribution is 2.36. The maximum Gasteiger partial charge on any atom is 0.0432 e. The van der Waals surface area contributed by atoms with Crippen LogP contribution in [0.5, 0.6) is 0 Å². The average Bonchev–Trinajstić information content (AvgIpc) is 2.55. The molecule has 2 aliphatic rings. The maximum atomic E-state index is 5.36. The first kappa shape index (κ1) is 8.70. The number of nitrogens with zero attached hydrogens (tertiary/aromatic N) is 1. The van der Waals surface area contributed by atoms with Crippen LogP contribution in [-0.4, -0.2) is 17.6 Å². The van der Waals surface area contributed by atoms with Gasteiger partial charge in [0.25, 0.3) is 0 Å². The predicted octanol–water partition coefficient (Wildman–Crippen LogP) is 1.44. The molecule has 2 heteroatoms. The number of hydrogen-bond acceptors (Lipinski definition) is 2. The summed E-state index contributed by atoms with van der Waals surface area (Å²) in [5.74, 6) is 3.42. The van der Waals surface area contributed by atoms with Crippen LogP contribution in [-0.2, 0) is 0 Å². The third-order valence-electron chi connectivity index (χ3n) is 3.26. The highest BCUT2D eigenvalue weighted by atomic mass is 15.0. The van der Waals surface area contributed by atoms with Gasteiger partial charge in [0.1, 0.15) is 0 Å². The van der Waals surface area contributed by atoms with E-state index in [1.165, 1.54) is 11.1 Å². The number of hydrogen-bond donors (Lipinski definition) is 1. The molecule has 1 aliphatic carbocycles. The number of nitrogens with one attached hydrogen (secondary N) is 1.